The smallest absolute Gasteiger partial charge is 0.271 e. The highest BCUT2D eigenvalue weighted by Gasteiger charge is 2.20. The van der Waals surface area contributed by atoms with Gasteiger partial charge in [0.25, 0.3) is 5.91 Å². The third-order valence-electron chi connectivity index (χ3n) is 5.25. The SMILES string of the molecule is Cc1cc2nc(NC(C)c3cccnc3)nc(C(=O)NCC3CCNCC3)c2s1. The van der Waals surface area contributed by atoms with Crippen LogP contribution in [-0.4, -0.2) is 40.5 Å². The Morgan fingerprint density at radius 3 is 2.93 bits per heavy atom. The van der Waals surface area contributed by atoms with Gasteiger partial charge in [-0.1, -0.05) is 6.07 Å². The molecule has 0 radical (unpaired) electrons. The Hall–Kier alpha value is -2.58. The number of aromatic nitrogens is 3. The maximum Gasteiger partial charge on any atom is 0.271 e. The molecule has 1 atom stereocenters. The van der Waals surface area contributed by atoms with Gasteiger partial charge in [0.15, 0.2) is 5.69 Å². The van der Waals surface area contributed by atoms with Crippen molar-refractivity contribution in [3.63, 3.8) is 0 Å². The van der Waals surface area contributed by atoms with Crippen molar-refractivity contribution in [1.82, 2.24) is 25.6 Å². The molecule has 152 valence electrons. The van der Waals surface area contributed by atoms with E-state index in [0.717, 1.165) is 46.6 Å². The van der Waals surface area contributed by atoms with Gasteiger partial charge >= 0.3 is 0 Å². The van der Waals surface area contributed by atoms with Crippen LogP contribution in [0.1, 0.15) is 46.7 Å². The second-order valence-corrected chi connectivity index (χ2v) is 8.78. The molecule has 4 heterocycles. The van der Waals surface area contributed by atoms with Gasteiger partial charge in [0.2, 0.25) is 5.95 Å². The summed E-state index contributed by atoms with van der Waals surface area (Å²) in [5.41, 5.74) is 2.29. The highest BCUT2D eigenvalue weighted by molar-refractivity contribution is 7.19. The molecule has 3 N–H and O–H groups in total. The molecule has 7 nitrogen and oxygen atoms in total. The number of amides is 1. The number of fused-ring (bicyclic) bond motifs is 1. The molecule has 4 rings (SSSR count). The lowest BCUT2D eigenvalue weighted by molar-refractivity contribution is 0.0941. The van der Waals surface area contributed by atoms with E-state index in [1.807, 2.05) is 38.2 Å². The summed E-state index contributed by atoms with van der Waals surface area (Å²) in [6.45, 7) is 6.77. The highest BCUT2D eigenvalue weighted by Crippen LogP contribution is 2.28. The van der Waals surface area contributed by atoms with Crippen LogP contribution in [0, 0.1) is 12.8 Å². The predicted octanol–water partition coefficient (Wildman–Crippen LogP) is 3.30. The number of hydrogen-bond donors (Lipinski definition) is 3. The molecule has 0 bridgehead atoms. The van der Waals surface area contributed by atoms with Crippen LogP contribution >= 0.6 is 11.3 Å². The van der Waals surface area contributed by atoms with Gasteiger partial charge in [-0.2, -0.15) is 0 Å². The fourth-order valence-corrected chi connectivity index (χ4v) is 4.52. The zero-order valence-electron chi connectivity index (χ0n) is 16.7. The number of pyridine rings is 1. The summed E-state index contributed by atoms with van der Waals surface area (Å²) in [6, 6.07) is 5.89. The Bertz CT molecular complexity index is 984. The van der Waals surface area contributed by atoms with Gasteiger partial charge in [-0.15, -0.1) is 11.3 Å². The van der Waals surface area contributed by atoms with Gasteiger partial charge in [0.1, 0.15) is 0 Å². The number of piperidine rings is 1. The van der Waals surface area contributed by atoms with Crippen LogP contribution in [-0.2, 0) is 0 Å². The van der Waals surface area contributed by atoms with Crippen molar-refractivity contribution in [1.29, 1.82) is 0 Å². The summed E-state index contributed by atoms with van der Waals surface area (Å²) in [6.07, 6.45) is 5.75. The number of carbonyl (C=O) groups is 1. The van der Waals surface area contributed by atoms with E-state index in [0.29, 0.717) is 24.1 Å². The van der Waals surface area contributed by atoms with Gasteiger partial charge in [-0.3, -0.25) is 9.78 Å². The Morgan fingerprint density at radius 1 is 1.34 bits per heavy atom. The van der Waals surface area contributed by atoms with Crippen molar-refractivity contribution in [2.45, 2.75) is 32.7 Å². The zero-order chi connectivity index (χ0) is 20.2. The van der Waals surface area contributed by atoms with Crippen LogP contribution in [0.3, 0.4) is 0 Å². The average Bonchev–Trinajstić information content (AvgIpc) is 3.12. The van der Waals surface area contributed by atoms with E-state index in [1.165, 1.54) is 0 Å². The first-order valence-electron chi connectivity index (χ1n) is 10.0. The van der Waals surface area contributed by atoms with Crippen LogP contribution in [0.5, 0.6) is 0 Å². The molecule has 0 aromatic carbocycles. The molecule has 1 aliphatic heterocycles. The first-order chi connectivity index (χ1) is 14.1. The lowest BCUT2D eigenvalue weighted by Gasteiger charge is -2.22. The van der Waals surface area contributed by atoms with Crippen molar-refractivity contribution < 1.29 is 4.79 Å². The summed E-state index contributed by atoms with van der Waals surface area (Å²) < 4.78 is 0.838. The van der Waals surface area contributed by atoms with E-state index in [1.54, 1.807) is 17.5 Å². The fraction of sp³-hybridized carbons (Fsp3) is 0.429. The molecule has 1 saturated heterocycles. The Labute approximate surface area is 174 Å². The standard InChI is InChI=1S/C21H26N6OS/c1-13-10-17-19(29-13)18(20(28)24-11-15-5-8-22-9-6-15)27-21(26-17)25-14(2)16-4-3-7-23-12-16/h3-4,7,10,12,14-15,22H,5-6,8-9,11H2,1-2H3,(H,24,28)(H,25,26,27). The second-order valence-electron chi connectivity index (χ2n) is 7.52. The van der Waals surface area contributed by atoms with Crippen LogP contribution < -0.4 is 16.0 Å². The summed E-state index contributed by atoms with van der Waals surface area (Å²) in [5, 5.41) is 9.76. The van der Waals surface area contributed by atoms with Gasteiger partial charge in [0, 0.05) is 23.8 Å². The number of nitrogens with one attached hydrogen (secondary N) is 3. The maximum absolute atomic E-state index is 13.0. The van der Waals surface area contributed by atoms with Crippen molar-refractivity contribution in [3.05, 3.63) is 46.7 Å². The zero-order valence-corrected chi connectivity index (χ0v) is 17.6. The average molecular weight is 411 g/mol. The van der Waals surface area contributed by atoms with E-state index in [4.69, 9.17) is 0 Å². The minimum Gasteiger partial charge on any atom is -0.350 e. The van der Waals surface area contributed by atoms with E-state index >= 15 is 0 Å². The van der Waals surface area contributed by atoms with Crippen molar-refractivity contribution in [2.75, 3.05) is 25.0 Å². The molecule has 1 amide bonds. The number of nitrogens with zero attached hydrogens (tertiary/aromatic N) is 3. The van der Waals surface area contributed by atoms with Gasteiger partial charge in [0.05, 0.1) is 16.3 Å². The van der Waals surface area contributed by atoms with Crippen LogP contribution in [0.4, 0.5) is 5.95 Å². The Balaban J connectivity index is 1.56. The summed E-state index contributed by atoms with van der Waals surface area (Å²) in [5.74, 6) is 0.847. The third-order valence-corrected chi connectivity index (χ3v) is 6.30. The summed E-state index contributed by atoms with van der Waals surface area (Å²) in [7, 11) is 0. The molecule has 3 aromatic rings. The minimum absolute atomic E-state index is 0.0217. The highest BCUT2D eigenvalue weighted by atomic mass is 32.1. The largest absolute Gasteiger partial charge is 0.350 e. The fourth-order valence-electron chi connectivity index (χ4n) is 3.58. The second kappa shape index (κ2) is 8.84. The van der Waals surface area contributed by atoms with Crippen LogP contribution in [0.2, 0.25) is 0 Å². The molecular weight excluding hydrogens is 384 g/mol. The molecule has 1 aliphatic rings. The number of hydrogen-bond acceptors (Lipinski definition) is 7. The molecule has 29 heavy (non-hydrogen) atoms. The summed E-state index contributed by atoms with van der Waals surface area (Å²) >= 11 is 1.56. The molecule has 1 unspecified atom stereocenters. The normalized spacial score (nSPS) is 15.9. The van der Waals surface area contributed by atoms with Gasteiger partial charge < -0.3 is 16.0 Å². The topological polar surface area (TPSA) is 91.8 Å². The number of carbonyl (C=O) groups excluding carboxylic acids is 1. The number of anilines is 1. The van der Waals surface area contributed by atoms with Crippen molar-refractivity contribution in [3.8, 4) is 0 Å². The van der Waals surface area contributed by atoms with E-state index in [-0.39, 0.29) is 11.9 Å². The molecule has 8 heteroatoms. The minimum atomic E-state index is -0.130. The molecule has 0 spiro atoms. The maximum atomic E-state index is 13.0. The molecule has 0 aliphatic carbocycles. The van der Waals surface area contributed by atoms with Crippen LogP contribution in [0.15, 0.2) is 30.6 Å². The molecule has 1 fully saturated rings. The quantitative estimate of drug-likeness (QED) is 0.578. The van der Waals surface area contributed by atoms with E-state index in [9.17, 15) is 4.79 Å². The lowest BCUT2D eigenvalue weighted by atomic mass is 9.98. The van der Waals surface area contributed by atoms with Crippen molar-refractivity contribution >= 4 is 33.4 Å². The molecule has 0 saturated carbocycles. The van der Waals surface area contributed by atoms with E-state index in [2.05, 4.69) is 30.9 Å². The van der Waals surface area contributed by atoms with Crippen LogP contribution in [0.25, 0.3) is 10.2 Å². The number of aryl methyl sites for hydroxylation is 1. The monoisotopic (exact) mass is 410 g/mol. The Morgan fingerprint density at radius 2 is 2.17 bits per heavy atom. The Kier molecular flexibility index (Phi) is 6.01. The predicted molar refractivity (Wildman–Crippen MR) is 116 cm³/mol. The lowest BCUT2D eigenvalue weighted by Crippen LogP contribution is -2.36. The molecule has 3 aromatic heterocycles. The summed E-state index contributed by atoms with van der Waals surface area (Å²) in [4.78, 5) is 27.5. The van der Waals surface area contributed by atoms with Gasteiger partial charge in [-0.25, -0.2) is 9.97 Å². The number of thiophene rings is 1. The van der Waals surface area contributed by atoms with E-state index < -0.39 is 0 Å². The van der Waals surface area contributed by atoms with Crippen molar-refractivity contribution in [2.24, 2.45) is 5.92 Å². The van der Waals surface area contributed by atoms with Gasteiger partial charge in [-0.05, 0) is 63.4 Å². The third kappa shape index (κ3) is 4.71. The first kappa shape index (κ1) is 19.7. The first-order valence-corrected chi connectivity index (χ1v) is 10.9. The number of rotatable bonds is 6. The molecular formula is C21H26N6OS.